The molecule has 0 saturated carbocycles. The third-order valence-electron chi connectivity index (χ3n) is 1.99. The van der Waals surface area contributed by atoms with Crippen LogP contribution in [0.1, 0.15) is 22.8 Å². The summed E-state index contributed by atoms with van der Waals surface area (Å²) in [5, 5.41) is 0. The number of hydrogen-bond donors (Lipinski definition) is 1. The van der Waals surface area contributed by atoms with Crippen LogP contribution < -0.4 is 5.73 Å². The highest BCUT2D eigenvalue weighted by Crippen LogP contribution is 2.22. The SMILES string of the molecule is CCc1cc(C(=O)CN)cc(Br)c1F. The summed E-state index contributed by atoms with van der Waals surface area (Å²) in [5.74, 6) is -0.485. The van der Waals surface area contributed by atoms with Crippen molar-refractivity contribution in [3.05, 3.63) is 33.5 Å². The summed E-state index contributed by atoms with van der Waals surface area (Å²) in [6, 6.07) is 3.01. The van der Waals surface area contributed by atoms with Crippen molar-refractivity contribution in [3.63, 3.8) is 0 Å². The number of aryl methyl sites for hydroxylation is 1. The maximum Gasteiger partial charge on any atom is 0.176 e. The third kappa shape index (κ3) is 2.19. The van der Waals surface area contributed by atoms with E-state index in [-0.39, 0.29) is 18.1 Å². The van der Waals surface area contributed by atoms with Gasteiger partial charge in [0.05, 0.1) is 11.0 Å². The smallest absolute Gasteiger partial charge is 0.176 e. The van der Waals surface area contributed by atoms with Crippen LogP contribution in [0.3, 0.4) is 0 Å². The lowest BCUT2D eigenvalue weighted by Crippen LogP contribution is -2.14. The first-order valence-corrected chi connectivity index (χ1v) is 5.10. The van der Waals surface area contributed by atoms with Crippen molar-refractivity contribution >= 4 is 21.7 Å². The van der Waals surface area contributed by atoms with E-state index >= 15 is 0 Å². The summed E-state index contributed by atoms with van der Waals surface area (Å²) >= 11 is 3.07. The molecule has 14 heavy (non-hydrogen) atoms. The number of halogens is 2. The van der Waals surface area contributed by atoms with Crippen molar-refractivity contribution in [3.8, 4) is 0 Å². The zero-order chi connectivity index (χ0) is 10.7. The molecule has 1 rings (SSSR count). The van der Waals surface area contributed by atoms with Crippen LogP contribution in [0.5, 0.6) is 0 Å². The second-order valence-corrected chi connectivity index (χ2v) is 3.77. The van der Waals surface area contributed by atoms with Crippen LogP contribution in [0.25, 0.3) is 0 Å². The Bertz CT molecular complexity index is 365. The lowest BCUT2D eigenvalue weighted by atomic mass is 10.1. The number of ketones is 1. The van der Waals surface area contributed by atoms with E-state index in [9.17, 15) is 9.18 Å². The first-order valence-electron chi connectivity index (χ1n) is 4.31. The molecule has 0 unspecified atom stereocenters. The number of carbonyl (C=O) groups is 1. The Morgan fingerprint density at radius 3 is 2.71 bits per heavy atom. The van der Waals surface area contributed by atoms with Crippen molar-refractivity contribution in [2.75, 3.05) is 6.54 Å². The Hall–Kier alpha value is -0.740. The van der Waals surface area contributed by atoms with Crippen molar-refractivity contribution in [1.29, 1.82) is 0 Å². The first kappa shape index (κ1) is 11.3. The van der Waals surface area contributed by atoms with Crippen molar-refractivity contribution < 1.29 is 9.18 Å². The molecule has 2 N–H and O–H groups in total. The van der Waals surface area contributed by atoms with Gasteiger partial charge in [0.15, 0.2) is 5.78 Å². The largest absolute Gasteiger partial charge is 0.324 e. The number of carbonyl (C=O) groups excluding carboxylic acids is 1. The molecule has 0 bridgehead atoms. The van der Waals surface area contributed by atoms with E-state index < -0.39 is 0 Å². The third-order valence-corrected chi connectivity index (χ3v) is 2.57. The predicted octanol–water partition coefficient (Wildman–Crippen LogP) is 2.29. The molecule has 0 spiro atoms. The van der Waals surface area contributed by atoms with Gasteiger partial charge in [-0.25, -0.2) is 4.39 Å². The summed E-state index contributed by atoms with van der Waals surface area (Å²) in [6.45, 7) is 1.78. The molecule has 4 heteroatoms. The van der Waals surface area contributed by atoms with Crippen LogP contribution in [-0.2, 0) is 6.42 Å². The molecule has 0 aliphatic rings. The van der Waals surface area contributed by atoms with Gasteiger partial charge < -0.3 is 5.73 Å². The number of benzene rings is 1. The molecular formula is C10H11BrFNO. The molecule has 0 amide bonds. The highest BCUT2D eigenvalue weighted by atomic mass is 79.9. The molecule has 1 aromatic carbocycles. The van der Waals surface area contributed by atoms with Gasteiger partial charge in [-0.3, -0.25) is 4.79 Å². The molecule has 76 valence electrons. The molecule has 0 aliphatic carbocycles. The topological polar surface area (TPSA) is 43.1 Å². The minimum Gasteiger partial charge on any atom is -0.324 e. The average molecular weight is 260 g/mol. The van der Waals surface area contributed by atoms with Gasteiger partial charge in [0.2, 0.25) is 0 Å². The van der Waals surface area contributed by atoms with Gasteiger partial charge in [0, 0.05) is 5.56 Å². The molecule has 1 aromatic rings. The molecule has 0 fully saturated rings. The van der Waals surface area contributed by atoms with Crippen LogP contribution in [-0.4, -0.2) is 12.3 Å². The lowest BCUT2D eigenvalue weighted by molar-refractivity contribution is 0.100. The zero-order valence-electron chi connectivity index (χ0n) is 7.81. The standard InChI is InChI=1S/C10H11BrFNO/c1-2-6-3-7(9(14)5-13)4-8(11)10(6)12/h3-4H,2,5,13H2,1H3. The van der Waals surface area contributed by atoms with E-state index in [1.165, 1.54) is 6.07 Å². The Labute approximate surface area is 90.4 Å². The van der Waals surface area contributed by atoms with Crippen molar-refractivity contribution in [1.82, 2.24) is 0 Å². The second-order valence-electron chi connectivity index (χ2n) is 2.91. The first-order chi connectivity index (χ1) is 6.60. The fraction of sp³-hybridized carbons (Fsp3) is 0.300. The van der Waals surface area contributed by atoms with E-state index in [2.05, 4.69) is 15.9 Å². The average Bonchev–Trinajstić information content (AvgIpc) is 2.20. The van der Waals surface area contributed by atoms with E-state index in [4.69, 9.17) is 5.73 Å². The monoisotopic (exact) mass is 259 g/mol. The van der Waals surface area contributed by atoms with Gasteiger partial charge in [-0.15, -0.1) is 0 Å². The summed E-state index contributed by atoms with van der Waals surface area (Å²) in [7, 11) is 0. The number of hydrogen-bond acceptors (Lipinski definition) is 2. The van der Waals surface area contributed by atoms with Crippen molar-refractivity contribution in [2.24, 2.45) is 5.73 Å². The van der Waals surface area contributed by atoms with E-state index in [0.29, 0.717) is 22.0 Å². The fourth-order valence-electron chi connectivity index (χ4n) is 1.18. The fourth-order valence-corrected chi connectivity index (χ4v) is 1.68. The summed E-state index contributed by atoms with van der Waals surface area (Å²) in [4.78, 5) is 11.3. The Balaban J connectivity index is 3.22. The number of Topliss-reactive ketones (excluding diaryl/α,β-unsaturated/α-hetero) is 1. The minimum atomic E-state index is -0.305. The van der Waals surface area contributed by atoms with Crippen LogP contribution in [0.2, 0.25) is 0 Å². The molecule has 2 nitrogen and oxygen atoms in total. The molecule has 0 aliphatic heterocycles. The maximum atomic E-state index is 13.4. The number of rotatable bonds is 3. The summed E-state index contributed by atoms with van der Waals surface area (Å²) < 4.78 is 13.7. The molecule has 0 atom stereocenters. The predicted molar refractivity (Wildman–Crippen MR) is 56.9 cm³/mol. The van der Waals surface area contributed by atoms with Crippen LogP contribution in [0, 0.1) is 5.82 Å². The Kier molecular flexibility index (Phi) is 3.77. The quantitative estimate of drug-likeness (QED) is 0.847. The molecular weight excluding hydrogens is 249 g/mol. The van der Waals surface area contributed by atoms with E-state index in [1.54, 1.807) is 6.07 Å². The lowest BCUT2D eigenvalue weighted by Gasteiger charge is -2.05. The van der Waals surface area contributed by atoms with Crippen LogP contribution >= 0.6 is 15.9 Å². The molecule has 0 aromatic heterocycles. The highest BCUT2D eigenvalue weighted by molar-refractivity contribution is 9.10. The minimum absolute atomic E-state index is 0.0543. The molecule has 0 heterocycles. The van der Waals surface area contributed by atoms with Crippen LogP contribution in [0.4, 0.5) is 4.39 Å². The number of nitrogens with two attached hydrogens (primary N) is 1. The highest BCUT2D eigenvalue weighted by Gasteiger charge is 2.11. The molecule has 0 radical (unpaired) electrons. The van der Waals surface area contributed by atoms with Crippen molar-refractivity contribution in [2.45, 2.75) is 13.3 Å². The Morgan fingerprint density at radius 2 is 2.21 bits per heavy atom. The summed E-state index contributed by atoms with van der Waals surface area (Å²) in [5.41, 5.74) is 6.21. The van der Waals surface area contributed by atoms with Gasteiger partial charge in [0.25, 0.3) is 0 Å². The van der Waals surface area contributed by atoms with E-state index in [0.717, 1.165) is 0 Å². The molecule has 0 saturated heterocycles. The van der Waals surface area contributed by atoms with Gasteiger partial charge in [-0.2, -0.15) is 0 Å². The second kappa shape index (κ2) is 4.66. The summed E-state index contributed by atoms with van der Waals surface area (Å²) in [6.07, 6.45) is 0.552. The van der Waals surface area contributed by atoms with Gasteiger partial charge in [-0.1, -0.05) is 6.92 Å². The van der Waals surface area contributed by atoms with E-state index in [1.807, 2.05) is 6.92 Å². The van der Waals surface area contributed by atoms with Gasteiger partial charge >= 0.3 is 0 Å². The van der Waals surface area contributed by atoms with Gasteiger partial charge in [-0.05, 0) is 40.0 Å². The van der Waals surface area contributed by atoms with Crippen LogP contribution in [0.15, 0.2) is 16.6 Å². The Morgan fingerprint density at radius 1 is 1.57 bits per heavy atom. The van der Waals surface area contributed by atoms with Gasteiger partial charge in [0.1, 0.15) is 5.82 Å². The normalized spacial score (nSPS) is 10.3. The maximum absolute atomic E-state index is 13.4. The zero-order valence-corrected chi connectivity index (χ0v) is 9.40.